The third-order valence-electron chi connectivity index (χ3n) is 4.01. The summed E-state index contributed by atoms with van der Waals surface area (Å²) in [6.45, 7) is 2.05. The Morgan fingerprint density at radius 2 is 1.90 bits per heavy atom. The molecule has 0 unspecified atom stereocenters. The quantitative estimate of drug-likeness (QED) is 0.772. The summed E-state index contributed by atoms with van der Waals surface area (Å²) >= 11 is 0. The molecule has 1 aromatic rings. The number of carbonyl (C=O) groups is 2. The molecule has 2 rings (SSSR count). The highest BCUT2D eigenvalue weighted by molar-refractivity contribution is 5.84. The molecule has 1 heterocycles. The lowest BCUT2D eigenvalue weighted by atomic mass is 9.83. The van der Waals surface area contributed by atoms with E-state index < -0.39 is 5.41 Å². The number of hydrogen-bond donors (Lipinski definition) is 0. The molecule has 5 heteroatoms. The zero-order valence-corrected chi connectivity index (χ0v) is 12.5. The lowest BCUT2D eigenvalue weighted by Crippen LogP contribution is -2.38. The van der Waals surface area contributed by atoms with Crippen LogP contribution in [0.25, 0.3) is 0 Å². The second kappa shape index (κ2) is 6.72. The molecule has 0 aromatic heterocycles. The van der Waals surface area contributed by atoms with Crippen molar-refractivity contribution < 1.29 is 19.1 Å². The molecule has 0 saturated carbocycles. The van der Waals surface area contributed by atoms with E-state index in [0.29, 0.717) is 13.0 Å². The van der Waals surface area contributed by atoms with Gasteiger partial charge in [-0.25, -0.2) is 0 Å². The van der Waals surface area contributed by atoms with Gasteiger partial charge >= 0.3 is 11.9 Å². The van der Waals surface area contributed by atoms with Crippen molar-refractivity contribution in [1.29, 1.82) is 0 Å². The van der Waals surface area contributed by atoms with Crippen molar-refractivity contribution >= 4 is 11.9 Å². The topological polar surface area (TPSA) is 55.8 Å². The Hall–Kier alpha value is -1.88. The molecule has 1 saturated heterocycles. The Bertz CT molecular complexity index is 502. The summed E-state index contributed by atoms with van der Waals surface area (Å²) in [5.41, 5.74) is 0.410. The molecule has 5 nitrogen and oxygen atoms in total. The van der Waals surface area contributed by atoms with Crippen LogP contribution in [-0.4, -0.2) is 44.1 Å². The summed E-state index contributed by atoms with van der Waals surface area (Å²) in [4.78, 5) is 25.9. The molecule has 0 bridgehead atoms. The maximum atomic E-state index is 12.1. The summed E-state index contributed by atoms with van der Waals surface area (Å²) in [6.07, 6.45) is 0.684. The van der Waals surface area contributed by atoms with Crippen LogP contribution in [0.2, 0.25) is 0 Å². The Morgan fingerprint density at radius 1 is 1.19 bits per heavy atom. The van der Waals surface area contributed by atoms with Crippen LogP contribution in [0, 0.1) is 5.41 Å². The van der Waals surface area contributed by atoms with E-state index in [2.05, 4.69) is 17.0 Å². The van der Waals surface area contributed by atoms with E-state index >= 15 is 0 Å². The minimum absolute atomic E-state index is 0.0709. The Kier molecular flexibility index (Phi) is 4.96. The molecule has 0 spiro atoms. The third-order valence-corrected chi connectivity index (χ3v) is 4.01. The number of ether oxygens (including phenoxy) is 2. The number of likely N-dealkylation sites (tertiary alicyclic amines) is 1. The number of nitrogens with zero attached hydrogens (tertiary/aromatic N) is 1. The van der Waals surface area contributed by atoms with Crippen molar-refractivity contribution in [2.75, 3.05) is 27.3 Å². The first kappa shape index (κ1) is 15.5. The zero-order valence-electron chi connectivity index (χ0n) is 12.5. The van der Waals surface area contributed by atoms with Gasteiger partial charge in [0.05, 0.1) is 26.1 Å². The minimum atomic E-state index is -0.781. The first-order valence-corrected chi connectivity index (χ1v) is 7.01. The lowest BCUT2D eigenvalue weighted by Gasteiger charge is -2.25. The van der Waals surface area contributed by atoms with Crippen LogP contribution in [0.4, 0.5) is 0 Å². The maximum Gasteiger partial charge on any atom is 0.313 e. The van der Waals surface area contributed by atoms with Gasteiger partial charge in [0, 0.05) is 13.1 Å². The number of benzene rings is 1. The molecule has 114 valence electrons. The smallest absolute Gasteiger partial charge is 0.313 e. The van der Waals surface area contributed by atoms with Gasteiger partial charge in [0.25, 0.3) is 0 Å². The average Bonchev–Trinajstić information content (AvgIpc) is 2.91. The van der Waals surface area contributed by atoms with Crippen molar-refractivity contribution in [3.8, 4) is 0 Å². The highest BCUT2D eigenvalue weighted by Gasteiger charge is 2.47. The fourth-order valence-electron chi connectivity index (χ4n) is 2.88. The molecule has 1 aromatic carbocycles. The van der Waals surface area contributed by atoms with E-state index in [0.717, 1.165) is 13.1 Å². The second-order valence-corrected chi connectivity index (χ2v) is 5.47. The Morgan fingerprint density at radius 3 is 2.52 bits per heavy atom. The summed E-state index contributed by atoms with van der Waals surface area (Å²) < 4.78 is 9.63. The fraction of sp³-hybridized carbons (Fsp3) is 0.500. The molecule has 1 aliphatic heterocycles. The largest absolute Gasteiger partial charge is 0.469 e. The zero-order chi connectivity index (χ0) is 15.3. The average molecular weight is 291 g/mol. The van der Waals surface area contributed by atoms with Crippen LogP contribution >= 0.6 is 0 Å². The highest BCUT2D eigenvalue weighted by Crippen LogP contribution is 2.36. The Balaban J connectivity index is 2.07. The van der Waals surface area contributed by atoms with Crippen LogP contribution < -0.4 is 0 Å². The van der Waals surface area contributed by atoms with E-state index in [1.54, 1.807) is 0 Å². The fourth-order valence-corrected chi connectivity index (χ4v) is 2.88. The molecular weight excluding hydrogens is 270 g/mol. The molecule has 1 fully saturated rings. The predicted octanol–water partition coefficient (Wildman–Crippen LogP) is 1.61. The van der Waals surface area contributed by atoms with Gasteiger partial charge in [-0.2, -0.15) is 0 Å². The maximum absolute atomic E-state index is 12.1. The number of esters is 2. The first-order chi connectivity index (χ1) is 10.1. The van der Waals surface area contributed by atoms with Gasteiger partial charge in [-0.1, -0.05) is 30.3 Å². The van der Waals surface area contributed by atoms with Gasteiger partial charge in [-0.3, -0.25) is 14.5 Å². The van der Waals surface area contributed by atoms with Gasteiger partial charge in [0.2, 0.25) is 0 Å². The van der Waals surface area contributed by atoms with Crippen LogP contribution in [0.1, 0.15) is 18.4 Å². The van der Waals surface area contributed by atoms with Gasteiger partial charge in [0.15, 0.2) is 0 Å². The van der Waals surface area contributed by atoms with Gasteiger partial charge in [-0.05, 0) is 18.5 Å². The molecular formula is C16H21NO4. The minimum Gasteiger partial charge on any atom is -0.469 e. The summed E-state index contributed by atoms with van der Waals surface area (Å²) in [6, 6.07) is 10.1. The van der Waals surface area contributed by atoms with Crippen LogP contribution in [0.5, 0.6) is 0 Å². The Labute approximate surface area is 124 Å². The molecule has 0 N–H and O–H groups in total. The summed E-state index contributed by atoms with van der Waals surface area (Å²) in [5, 5.41) is 0. The first-order valence-electron chi connectivity index (χ1n) is 7.01. The molecule has 21 heavy (non-hydrogen) atoms. The molecule has 0 radical (unpaired) electrons. The van der Waals surface area contributed by atoms with E-state index in [1.165, 1.54) is 19.8 Å². The van der Waals surface area contributed by atoms with Gasteiger partial charge in [0.1, 0.15) is 0 Å². The number of hydrogen-bond acceptors (Lipinski definition) is 5. The third kappa shape index (κ3) is 3.61. The monoisotopic (exact) mass is 291 g/mol. The molecule has 1 atom stereocenters. The lowest BCUT2D eigenvalue weighted by molar-refractivity contribution is -0.158. The van der Waals surface area contributed by atoms with Crippen LogP contribution in [0.15, 0.2) is 30.3 Å². The highest BCUT2D eigenvalue weighted by atomic mass is 16.5. The predicted molar refractivity (Wildman–Crippen MR) is 77.4 cm³/mol. The van der Waals surface area contributed by atoms with E-state index in [9.17, 15) is 9.59 Å². The van der Waals surface area contributed by atoms with Crippen molar-refractivity contribution in [3.05, 3.63) is 35.9 Å². The van der Waals surface area contributed by atoms with Gasteiger partial charge in [-0.15, -0.1) is 0 Å². The SMILES string of the molecule is COC(=O)C[C@]1(C(=O)OC)CCN(Cc2ccccc2)C1. The van der Waals surface area contributed by atoms with Gasteiger partial charge < -0.3 is 9.47 Å². The summed E-state index contributed by atoms with van der Waals surface area (Å²) in [5.74, 6) is -0.703. The van der Waals surface area contributed by atoms with E-state index in [-0.39, 0.29) is 18.4 Å². The number of methoxy groups -OCH3 is 2. The number of rotatable bonds is 5. The van der Waals surface area contributed by atoms with E-state index in [1.807, 2.05) is 18.2 Å². The molecule has 1 aliphatic rings. The van der Waals surface area contributed by atoms with Crippen molar-refractivity contribution in [2.24, 2.45) is 5.41 Å². The second-order valence-electron chi connectivity index (χ2n) is 5.47. The van der Waals surface area contributed by atoms with Crippen LogP contribution in [0.3, 0.4) is 0 Å². The molecule has 0 aliphatic carbocycles. The number of carbonyl (C=O) groups excluding carboxylic acids is 2. The van der Waals surface area contributed by atoms with Crippen molar-refractivity contribution in [3.63, 3.8) is 0 Å². The van der Waals surface area contributed by atoms with Crippen LogP contribution in [-0.2, 0) is 25.6 Å². The van der Waals surface area contributed by atoms with E-state index in [4.69, 9.17) is 9.47 Å². The van der Waals surface area contributed by atoms with Crippen molar-refractivity contribution in [1.82, 2.24) is 4.90 Å². The standard InChI is InChI=1S/C16H21NO4/c1-20-14(18)10-16(15(19)21-2)8-9-17(12-16)11-13-6-4-3-5-7-13/h3-7H,8-12H2,1-2H3/t16-/m1/s1. The normalized spacial score (nSPS) is 22.0. The molecule has 0 amide bonds. The van der Waals surface area contributed by atoms with Crippen molar-refractivity contribution in [2.45, 2.75) is 19.4 Å². The summed E-state index contributed by atoms with van der Waals surface area (Å²) in [7, 11) is 2.70.